The predicted molar refractivity (Wildman–Crippen MR) is 145 cm³/mol. The molecule has 0 nitrogen and oxygen atoms in total. The Bertz CT molecular complexity index is 864. The third-order valence-electron chi connectivity index (χ3n) is 7.25. The zero-order valence-electron chi connectivity index (χ0n) is 21.1. The zero-order valence-corrected chi connectivity index (χ0v) is 21.1. The molecule has 2 aromatic rings. The van der Waals surface area contributed by atoms with Crippen LogP contribution in [0.3, 0.4) is 0 Å². The van der Waals surface area contributed by atoms with Crippen molar-refractivity contribution < 1.29 is 0 Å². The van der Waals surface area contributed by atoms with E-state index in [0.717, 1.165) is 35.8 Å². The van der Waals surface area contributed by atoms with Gasteiger partial charge in [0.25, 0.3) is 0 Å². The van der Waals surface area contributed by atoms with Gasteiger partial charge in [0.2, 0.25) is 0 Å². The first-order valence-electron chi connectivity index (χ1n) is 13.6. The molecule has 1 aliphatic carbocycles. The molecule has 0 aromatic heterocycles. The smallest absolute Gasteiger partial charge is 0.0249 e. The van der Waals surface area contributed by atoms with E-state index in [1.165, 1.54) is 81.8 Å². The summed E-state index contributed by atoms with van der Waals surface area (Å²) in [4.78, 5) is 0. The number of unbranched alkanes of at least 4 members (excludes halogenated alkanes) is 2. The van der Waals surface area contributed by atoms with Crippen LogP contribution in [-0.2, 0) is 12.8 Å². The molecule has 1 fully saturated rings. The minimum Gasteiger partial charge on any atom is -0.0888 e. The number of hydrogen-bond donors (Lipinski definition) is 0. The zero-order chi connectivity index (χ0) is 23.1. The lowest BCUT2D eigenvalue weighted by Gasteiger charge is -2.28. The lowest BCUT2D eigenvalue weighted by molar-refractivity contribution is 0.252. The van der Waals surface area contributed by atoms with Crippen LogP contribution >= 0.6 is 0 Å². The van der Waals surface area contributed by atoms with Gasteiger partial charge < -0.3 is 0 Å². The van der Waals surface area contributed by atoms with Crippen LogP contribution in [0.4, 0.5) is 0 Å². The molecule has 1 aliphatic rings. The topological polar surface area (TPSA) is 0 Å². The van der Waals surface area contributed by atoms with E-state index in [1.54, 1.807) is 0 Å². The summed E-state index contributed by atoms with van der Waals surface area (Å²) < 4.78 is 0. The summed E-state index contributed by atoms with van der Waals surface area (Å²) in [5.41, 5.74) is 5.10. The van der Waals surface area contributed by atoms with Crippen molar-refractivity contribution in [1.29, 1.82) is 0 Å². The van der Waals surface area contributed by atoms with Crippen LogP contribution in [0.2, 0.25) is 0 Å². The van der Waals surface area contributed by atoms with Crippen molar-refractivity contribution in [3.63, 3.8) is 0 Å². The fourth-order valence-corrected chi connectivity index (χ4v) is 5.12. The van der Waals surface area contributed by atoms with Crippen LogP contribution in [0.15, 0.2) is 60.7 Å². The first kappa shape index (κ1) is 25.4. The first-order chi connectivity index (χ1) is 16.3. The standard InChI is InChI=1S/C33H44/c1-3-5-6-7-8-9-11-29-14-18-31(19-15-29)21-23-33-26-24-32(25-27-33)22-20-30-16-12-28(10-4-2)13-17-30/h5-6,14-15,18-19,24-28,30H,3-4,7-13,16-17,20,22H2,1-2H3/b6-5+. The van der Waals surface area contributed by atoms with E-state index in [0.29, 0.717) is 0 Å². The minimum absolute atomic E-state index is 0.943. The Morgan fingerprint density at radius 1 is 0.667 bits per heavy atom. The van der Waals surface area contributed by atoms with Gasteiger partial charge in [0.05, 0.1) is 0 Å². The number of hydrogen-bond acceptors (Lipinski definition) is 0. The Labute approximate surface area is 203 Å². The molecule has 33 heavy (non-hydrogen) atoms. The molecule has 0 aliphatic heterocycles. The van der Waals surface area contributed by atoms with Gasteiger partial charge in [-0.1, -0.05) is 101 Å². The molecular formula is C33H44. The summed E-state index contributed by atoms with van der Waals surface area (Å²) in [5, 5.41) is 0. The fourth-order valence-electron chi connectivity index (χ4n) is 5.12. The van der Waals surface area contributed by atoms with Gasteiger partial charge in [0.15, 0.2) is 0 Å². The number of allylic oxidation sites excluding steroid dienone is 2. The van der Waals surface area contributed by atoms with E-state index in [1.807, 2.05) is 0 Å². The van der Waals surface area contributed by atoms with Gasteiger partial charge in [-0.15, -0.1) is 0 Å². The highest BCUT2D eigenvalue weighted by atomic mass is 14.3. The van der Waals surface area contributed by atoms with Crippen LogP contribution in [0.5, 0.6) is 0 Å². The van der Waals surface area contributed by atoms with Crippen molar-refractivity contribution in [2.45, 2.75) is 97.3 Å². The molecule has 2 aromatic carbocycles. The van der Waals surface area contributed by atoms with Crippen LogP contribution in [0.25, 0.3) is 0 Å². The summed E-state index contributed by atoms with van der Waals surface area (Å²) in [6, 6.07) is 17.8. The van der Waals surface area contributed by atoms with E-state index >= 15 is 0 Å². The predicted octanol–water partition coefficient (Wildman–Crippen LogP) is 9.30. The average molecular weight is 441 g/mol. The molecule has 0 heteroatoms. The number of aryl methyl sites for hydroxylation is 2. The Morgan fingerprint density at radius 3 is 1.76 bits per heavy atom. The highest BCUT2D eigenvalue weighted by Crippen LogP contribution is 2.33. The molecule has 0 amide bonds. The summed E-state index contributed by atoms with van der Waals surface area (Å²) in [7, 11) is 0. The Morgan fingerprint density at radius 2 is 1.21 bits per heavy atom. The van der Waals surface area contributed by atoms with E-state index in [-0.39, 0.29) is 0 Å². The summed E-state index contributed by atoms with van der Waals surface area (Å²) in [6.07, 6.45) is 21.8. The Kier molecular flexibility index (Phi) is 11.4. The van der Waals surface area contributed by atoms with Gasteiger partial charge in [0, 0.05) is 11.1 Å². The minimum atomic E-state index is 0.943. The van der Waals surface area contributed by atoms with Gasteiger partial charge in [-0.05, 0) is 92.2 Å². The van der Waals surface area contributed by atoms with Crippen molar-refractivity contribution in [3.8, 4) is 11.8 Å². The highest BCUT2D eigenvalue weighted by molar-refractivity contribution is 5.44. The van der Waals surface area contributed by atoms with Gasteiger partial charge in [-0.2, -0.15) is 0 Å². The molecule has 0 N–H and O–H groups in total. The quantitative estimate of drug-likeness (QED) is 0.185. The van der Waals surface area contributed by atoms with E-state index in [9.17, 15) is 0 Å². The van der Waals surface area contributed by atoms with Crippen LogP contribution in [0, 0.1) is 23.7 Å². The maximum atomic E-state index is 3.34. The molecule has 0 saturated heterocycles. The average Bonchev–Trinajstić information content (AvgIpc) is 2.86. The number of benzene rings is 2. The molecule has 0 atom stereocenters. The summed E-state index contributed by atoms with van der Waals surface area (Å²) in [6.45, 7) is 4.52. The summed E-state index contributed by atoms with van der Waals surface area (Å²) in [5.74, 6) is 8.64. The number of rotatable bonds is 11. The second-order valence-electron chi connectivity index (χ2n) is 9.98. The van der Waals surface area contributed by atoms with Crippen molar-refractivity contribution in [2.75, 3.05) is 0 Å². The molecule has 176 valence electrons. The third-order valence-corrected chi connectivity index (χ3v) is 7.25. The molecule has 1 saturated carbocycles. The van der Waals surface area contributed by atoms with Crippen LogP contribution in [0.1, 0.15) is 107 Å². The normalized spacial score (nSPS) is 18.2. The molecule has 0 heterocycles. The van der Waals surface area contributed by atoms with Crippen molar-refractivity contribution >= 4 is 0 Å². The fraction of sp³-hybridized carbons (Fsp3) is 0.515. The molecule has 0 radical (unpaired) electrons. The largest absolute Gasteiger partial charge is 0.0888 e. The third kappa shape index (κ3) is 9.63. The van der Waals surface area contributed by atoms with E-state index in [2.05, 4.69) is 86.4 Å². The van der Waals surface area contributed by atoms with Crippen molar-refractivity contribution in [1.82, 2.24) is 0 Å². The van der Waals surface area contributed by atoms with Crippen LogP contribution in [-0.4, -0.2) is 0 Å². The van der Waals surface area contributed by atoms with E-state index < -0.39 is 0 Å². The second-order valence-corrected chi connectivity index (χ2v) is 9.98. The maximum Gasteiger partial charge on any atom is 0.0249 e. The Hall–Kier alpha value is -2.26. The lowest BCUT2D eigenvalue weighted by atomic mass is 9.78. The SMILES string of the molecule is CC/C=C/CCCCc1ccc(C#Cc2ccc(CCC3CCC(CCC)CC3)cc2)cc1. The van der Waals surface area contributed by atoms with E-state index in [4.69, 9.17) is 0 Å². The molecule has 0 unspecified atom stereocenters. The maximum absolute atomic E-state index is 3.34. The summed E-state index contributed by atoms with van der Waals surface area (Å²) >= 11 is 0. The highest BCUT2D eigenvalue weighted by Gasteiger charge is 2.20. The van der Waals surface area contributed by atoms with Gasteiger partial charge in [-0.3, -0.25) is 0 Å². The van der Waals surface area contributed by atoms with Crippen LogP contribution < -0.4 is 0 Å². The van der Waals surface area contributed by atoms with Crippen molar-refractivity contribution in [3.05, 3.63) is 82.9 Å². The van der Waals surface area contributed by atoms with Crippen molar-refractivity contribution in [2.24, 2.45) is 11.8 Å². The second kappa shape index (κ2) is 14.8. The molecular weight excluding hydrogens is 396 g/mol. The first-order valence-corrected chi connectivity index (χ1v) is 13.6. The van der Waals surface area contributed by atoms with Gasteiger partial charge >= 0.3 is 0 Å². The molecule has 3 rings (SSSR count). The monoisotopic (exact) mass is 440 g/mol. The lowest BCUT2D eigenvalue weighted by Crippen LogP contribution is -2.15. The molecule has 0 bridgehead atoms. The van der Waals surface area contributed by atoms with Gasteiger partial charge in [-0.25, -0.2) is 0 Å². The van der Waals surface area contributed by atoms with Gasteiger partial charge in [0.1, 0.15) is 0 Å². The Balaban J connectivity index is 1.39. The molecule has 0 spiro atoms.